The molecule has 24 heavy (non-hydrogen) atoms. The van der Waals surface area contributed by atoms with E-state index in [2.05, 4.69) is 11.2 Å². The van der Waals surface area contributed by atoms with Crippen molar-refractivity contribution in [1.29, 1.82) is 0 Å². The summed E-state index contributed by atoms with van der Waals surface area (Å²) in [6, 6.07) is 6.03. The van der Waals surface area contributed by atoms with E-state index in [1.54, 1.807) is 23.7 Å². The topological polar surface area (TPSA) is 47.4 Å². The minimum absolute atomic E-state index is 0.0611. The van der Waals surface area contributed by atoms with E-state index in [0.29, 0.717) is 18.1 Å². The SMILES string of the molecule is Cc1nn(C)c(Cl)c1CN(C)C(=O)Cc1ccc2c(c1)CCCO2. The van der Waals surface area contributed by atoms with Gasteiger partial charge in [-0.3, -0.25) is 9.48 Å². The third-order valence-electron chi connectivity index (χ3n) is 4.42. The van der Waals surface area contributed by atoms with Crippen LogP contribution in [0, 0.1) is 6.92 Å². The molecule has 0 aliphatic carbocycles. The number of nitrogens with zero attached hydrogens (tertiary/aromatic N) is 3. The number of benzene rings is 1. The zero-order valence-electron chi connectivity index (χ0n) is 14.3. The van der Waals surface area contributed by atoms with Crippen molar-refractivity contribution in [2.24, 2.45) is 7.05 Å². The van der Waals surface area contributed by atoms with Crippen molar-refractivity contribution in [2.75, 3.05) is 13.7 Å². The average molecular weight is 348 g/mol. The minimum Gasteiger partial charge on any atom is -0.493 e. The van der Waals surface area contributed by atoms with Crippen LogP contribution in [0.4, 0.5) is 0 Å². The molecule has 0 saturated heterocycles. The Morgan fingerprint density at radius 1 is 1.46 bits per heavy atom. The van der Waals surface area contributed by atoms with Gasteiger partial charge in [0.2, 0.25) is 5.91 Å². The molecule has 0 bridgehead atoms. The summed E-state index contributed by atoms with van der Waals surface area (Å²) >= 11 is 6.25. The van der Waals surface area contributed by atoms with Gasteiger partial charge in [0, 0.05) is 19.7 Å². The van der Waals surface area contributed by atoms with Crippen molar-refractivity contribution in [2.45, 2.75) is 32.7 Å². The van der Waals surface area contributed by atoms with Gasteiger partial charge in [0.1, 0.15) is 10.9 Å². The molecule has 5 nitrogen and oxygen atoms in total. The van der Waals surface area contributed by atoms with E-state index in [4.69, 9.17) is 16.3 Å². The summed E-state index contributed by atoms with van der Waals surface area (Å²) in [5.74, 6) is 1.01. The first-order chi connectivity index (χ1) is 11.5. The number of likely N-dealkylation sites (N-methyl/N-ethyl adjacent to an activating group) is 1. The second-order valence-corrected chi connectivity index (χ2v) is 6.66. The highest BCUT2D eigenvalue weighted by Gasteiger charge is 2.18. The van der Waals surface area contributed by atoms with Crippen molar-refractivity contribution < 1.29 is 9.53 Å². The van der Waals surface area contributed by atoms with E-state index in [1.807, 2.05) is 19.1 Å². The molecule has 2 aromatic rings. The second kappa shape index (κ2) is 6.85. The predicted molar refractivity (Wildman–Crippen MR) is 93.4 cm³/mol. The first-order valence-corrected chi connectivity index (χ1v) is 8.50. The van der Waals surface area contributed by atoms with Gasteiger partial charge < -0.3 is 9.64 Å². The number of fused-ring (bicyclic) bond motifs is 1. The molecule has 1 aromatic carbocycles. The van der Waals surface area contributed by atoms with E-state index in [-0.39, 0.29) is 5.91 Å². The highest BCUT2D eigenvalue weighted by Crippen LogP contribution is 2.26. The number of carbonyl (C=O) groups is 1. The van der Waals surface area contributed by atoms with Gasteiger partial charge in [-0.2, -0.15) is 5.10 Å². The number of amides is 1. The maximum atomic E-state index is 12.5. The Morgan fingerprint density at radius 2 is 2.25 bits per heavy atom. The van der Waals surface area contributed by atoms with Crippen LogP contribution >= 0.6 is 11.6 Å². The number of hydrogen-bond donors (Lipinski definition) is 0. The van der Waals surface area contributed by atoms with Crippen molar-refractivity contribution in [1.82, 2.24) is 14.7 Å². The summed E-state index contributed by atoms with van der Waals surface area (Å²) in [4.78, 5) is 14.2. The molecular weight excluding hydrogens is 326 g/mol. The monoisotopic (exact) mass is 347 g/mol. The van der Waals surface area contributed by atoms with Gasteiger partial charge in [0.25, 0.3) is 0 Å². The van der Waals surface area contributed by atoms with Gasteiger partial charge in [-0.25, -0.2) is 0 Å². The van der Waals surface area contributed by atoms with Gasteiger partial charge >= 0.3 is 0 Å². The Morgan fingerprint density at radius 3 is 2.96 bits per heavy atom. The smallest absolute Gasteiger partial charge is 0.227 e. The van der Waals surface area contributed by atoms with Crippen molar-refractivity contribution in [3.8, 4) is 5.75 Å². The molecule has 0 fully saturated rings. The number of aryl methyl sites for hydroxylation is 3. The van der Waals surface area contributed by atoms with Crippen LogP contribution in [0.2, 0.25) is 5.15 Å². The quantitative estimate of drug-likeness (QED) is 0.854. The third kappa shape index (κ3) is 3.41. The van der Waals surface area contributed by atoms with Crippen molar-refractivity contribution in [3.63, 3.8) is 0 Å². The van der Waals surface area contributed by atoms with E-state index in [9.17, 15) is 4.79 Å². The maximum absolute atomic E-state index is 12.5. The van der Waals surface area contributed by atoms with Gasteiger partial charge in [0.05, 0.1) is 25.3 Å². The number of halogens is 1. The zero-order chi connectivity index (χ0) is 17.3. The molecular formula is C18H22ClN3O2. The lowest BCUT2D eigenvalue weighted by Gasteiger charge is -2.20. The van der Waals surface area contributed by atoms with E-state index < -0.39 is 0 Å². The lowest BCUT2D eigenvalue weighted by Crippen LogP contribution is -2.28. The molecule has 6 heteroatoms. The number of rotatable bonds is 4. The summed E-state index contributed by atoms with van der Waals surface area (Å²) in [6.07, 6.45) is 2.42. The van der Waals surface area contributed by atoms with Gasteiger partial charge in [-0.15, -0.1) is 0 Å². The Bertz CT molecular complexity index is 770. The molecule has 0 N–H and O–H groups in total. The molecule has 0 atom stereocenters. The Labute approximate surface area is 147 Å². The van der Waals surface area contributed by atoms with Crippen LogP contribution in [0.1, 0.15) is 28.8 Å². The number of ether oxygens (including phenoxy) is 1. The van der Waals surface area contributed by atoms with Gasteiger partial charge in [-0.05, 0) is 37.0 Å². The Balaban J connectivity index is 1.68. The van der Waals surface area contributed by atoms with E-state index in [0.717, 1.165) is 42.0 Å². The first-order valence-electron chi connectivity index (χ1n) is 8.12. The normalized spacial score (nSPS) is 13.3. The molecule has 0 saturated carbocycles. The molecule has 0 radical (unpaired) electrons. The lowest BCUT2D eigenvalue weighted by molar-refractivity contribution is -0.129. The summed E-state index contributed by atoms with van der Waals surface area (Å²) < 4.78 is 7.25. The molecule has 3 rings (SSSR count). The molecule has 2 heterocycles. The van der Waals surface area contributed by atoms with E-state index >= 15 is 0 Å². The summed E-state index contributed by atoms with van der Waals surface area (Å²) in [5.41, 5.74) is 3.97. The summed E-state index contributed by atoms with van der Waals surface area (Å²) in [5, 5.41) is 4.87. The molecule has 0 unspecified atom stereocenters. The molecule has 1 amide bonds. The summed E-state index contributed by atoms with van der Waals surface area (Å²) in [6.45, 7) is 3.15. The standard InChI is InChI=1S/C18H22ClN3O2/c1-12-15(18(19)22(3)20-12)11-21(2)17(23)10-13-6-7-16-14(9-13)5-4-8-24-16/h6-7,9H,4-5,8,10-11H2,1-3H3. The number of hydrogen-bond acceptors (Lipinski definition) is 3. The number of carbonyl (C=O) groups excluding carboxylic acids is 1. The van der Waals surface area contributed by atoms with Gasteiger partial charge in [0.15, 0.2) is 0 Å². The fourth-order valence-corrected chi connectivity index (χ4v) is 3.25. The second-order valence-electron chi connectivity index (χ2n) is 6.30. The Hall–Kier alpha value is -2.01. The predicted octanol–water partition coefficient (Wildman–Crippen LogP) is 2.91. The van der Waals surface area contributed by atoms with Crippen molar-refractivity contribution in [3.05, 3.63) is 45.7 Å². The molecule has 128 valence electrons. The highest BCUT2D eigenvalue weighted by molar-refractivity contribution is 6.30. The molecule has 0 spiro atoms. The Kier molecular flexibility index (Phi) is 4.81. The molecule has 1 aliphatic heterocycles. The van der Waals surface area contributed by atoms with Crippen LogP contribution in [0.15, 0.2) is 18.2 Å². The van der Waals surface area contributed by atoms with Crippen LogP contribution in [-0.2, 0) is 31.2 Å². The number of aromatic nitrogens is 2. The van der Waals surface area contributed by atoms with Crippen LogP contribution in [0.5, 0.6) is 5.75 Å². The average Bonchev–Trinajstić information content (AvgIpc) is 2.81. The molecule has 1 aliphatic rings. The van der Waals surface area contributed by atoms with Crippen LogP contribution < -0.4 is 4.74 Å². The third-order valence-corrected chi connectivity index (χ3v) is 4.89. The minimum atomic E-state index is 0.0611. The first kappa shape index (κ1) is 16.8. The van der Waals surface area contributed by atoms with Crippen molar-refractivity contribution >= 4 is 17.5 Å². The fourth-order valence-electron chi connectivity index (χ4n) is 3.01. The van der Waals surface area contributed by atoms with Crippen LogP contribution in [-0.4, -0.2) is 34.2 Å². The summed E-state index contributed by atoms with van der Waals surface area (Å²) in [7, 11) is 3.60. The zero-order valence-corrected chi connectivity index (χ0v) is 15.1. The van der Waals surface area contributed by atoms with Crippen LogP contribution in [0.25, 0.3) is 0 Å². The van der Waals surface area contributed by atoms with Crippen LogP contribution in [0.3, 0.4) is 0 Å². The fraction of sp³-hybridized carbons (Fsp3) is 0.444. The van der Waals surface area contributed by atoms with Gasteiger partial charge in [-0.1, -0.05) is 23.7 Å². The molecule has 1 aromatic heterocycles. The highest BCUT2D eigenvalue weighted by atomic mass is 35.5. The lowest BCUT2D eigenvalue weighted by atomic mass is 10.0. The maximum Gasteiger partial charge on any atom is 0.227 e. The largest absolute Gasteiger partial charge is 0.493 e. The van der Waals surface area contributed by atoms with E-state index in [1.165, 1.54) is 5.56 Å².